The number of thiazole rings is 1. The highest BCUT2D eigenvalue weighted by atomic mass is 35.5. The highest BCUT2D eigenvalue weighted by Gasteiger charge is 2.17. The summed E-state index contributed by atoms with van der Waals surface area (Å²) in [5, 5.41) is 11.6. The number of phenolic OH excluding ortho intramolecular Hbond substituents is 1. The molecule has 25 heavy (non-hydrogen) atoms. The summed E-state index contributed by atoms with van der Waals surface area (Å²) in [6, 6.07) is 11.8. The molecule has 0 amide bonds. The zero-order valence-corrected chi connectivity index (χ0v) is 16.9. The van der Waals surface area contributed by atoms with Gasteiger partial charge in [-0.3, -0.25) is 0 Å². The molecule has 5 heteroatoms. The van der Waals surface area contributed by atoms with Crippen LogP contribution in [0.15, 0.2) is 36.4 Å². The van der Waals surface area contributed by atoms with Crippen LogP contribution in [0.4, 0.5) is 0 Å². The van der Waals surface area contributed by atoms with Crippen molar-refractivity contribution in [1.29, 1.82) is 0 Å². The van der Waals surface area contributed by atoms with E-state index >= 15 is 0 Å². The lowest BCUT2D eigenvalue weighted by molar-refractivity contribution is 0.433. The van der Waals surface area contributed by atoms with E-state index in [1.54, 1.807) is 17.4 Å². The Kier molecular flexibility index (Phi) is 5.14. The molecule has 1 N–H and O–H groups in total. The van der Waals surface area contributed by atoms with Gasteiger partial charge in [-0.05, 0) is 41.0 Å². The van der Waals surface area contributed by atoms with Gasteiger partial charge in [-0.2, -0.15) is 0 Å². The second-order valence-electron chi connectivity index (χ2n) is 7.41. The smallest absolute Gasteiger partial charge is 0.137 e. The van der Waals surface area contributed by atoms with Crippen LogP contribution in [0.5, 0.6) is 5.75 Å². The molecular weight excluding hydrogens is 370 g/mol. The lowest BCUT2D eigenvalue weighted by Gasteiger charge is -2.19. The number of thiocarbonyl (C=S) groups is 1. The van der Waals surface area contributed by atoms with Crippen LogP contribution in [0.25, 0.3) is 20.8 Å². The van der Waals surface area contributed by atoms with Crippen molar-refractivity contribution in [2.75, 3.05) is 0 Å². The fourth-order valence-corrected chi connectivity index (χ4v) is 4.56. The Hall–Kier alpha value is -1.49. The van der Waals surface area contributed by atoms with Gasteiger partial charge in [0.15, 0.2) is 0 Å². The molecule has 1 heterocycles. The van der Waals surface area contributed by atoms with E-state index in [1.165, 1.54) is 0 Å². The summed E-state index contributed by atoms with van der Waals surface area (Å²) in [5.74, 6) is 0.114. The number of phenols is 1. The van der Waals surface area contributed by atoms with Crippen LogP contribution in [0.3, 0.4) is 0 Å². The highest BCUT2D eigenvalue weighted by molar-refractivity contribution is 7.80. The number of aromatic nitrogens is 1. The normalized spacial score (nSPS) is 11.8. The minimum atomic E-state index is 0.114. The first kappa shape index (κ1) is 18.3. The molecule has 130 valence electrons. The second-order valence-corrected chi connectivity index (χ2v) is 9.42. The third-order valence-corrected chi connectivity index (χ3v) is 5.46. The number of halogens is 1. The van der Waals surface area contributed by atoms with Gasteiger partial charge in [0.05, 0.1) is 15.2 Å². The maximum absolute atomic E-state index is 10.3. The van der Waals surface area contributed by atoms with Crippen molar-refractivity contribution in [2.45, 2.75) is 33.6 Å². The number of fused-ring (bicyclic) bond motifs is 1. The average Bonchev–Trinajstić information content (AvgIpc) is 2.93. The number of para-hydroxylation sites is 1. The highest BCUT2D eigenvalue weighted by Crippen LogP contribution is 2.37. The Morgan fingerprint density at radius 2 is 1.96 bits per heavy atom. The molecule has 3 aromatic rings. The molecule has 0 atom stereocenters. The first-order chi connectivity index (χ1) is 11.7. The summed E-state index contributed by atoms with van der Waals surface area (Å²) in [6.07, 6.45) is 1.36. The summed E-state index contributed by atoms with van der Waals surface area (Å²) in [7, 11) is 0. The van der Waals surface area contributed by atoms with Crippen molar-refractivity contribution in [3.05, 3.63) is 47.0 Å². The summed E-state index contributed by atoms with van der Waals surface area (Å²) >= 11 is 13.4. The van der Waals surface area contributed by atoms with E-state index in [0.29, 0.717) is 11.4 Å². The third kappa shape index (κ3) is 4.38. The molecule has 0 fully saturated rings. The number of benzene rings is 2. The quantitative estimate of drug-likeness (QED) is 0.505. The van der Waals surface area contributed by atoms with Gasteiger partial charge in [0.2, 0.25) is 0 Å². The summed E-state index contributed by atoms with van der Waals surface area (Å²) in [6.45, 7) is 6.47. The van der Waals surface area contributed by atoms with Gasteiger partial charge in [-0.25, -0.2) is 4.98 Å². The molecule has 0 unspecified atom stereocenters. The molecule has 3 rings (SSSR count). The van der Waals surface area contributed by atoms with Crippen molar-refractivity contribution in [3.63, 3.8) is 0 Å². The number of nitrogens with zero attached hydrogens (tertiary/aromatic N) is 1. The summed E-state index contributed by atoms with van der Waals surface area (Å²) in [5.41, 5.74) is 2.77. The number of aromatic hydroxyl groups is 1. The standard InChI is InChI=1S/C20H20ClNOS2/c1-20(2,3)11-14(24)9-12-8-13(10-15(21)18(12)23)19-22-16-6-4-5-7-17(16)25-19/h4-8,10,23H,9,11H2,1-3H3. The molecular formula is C20H20ClNOS2. The minimum absolute atomic E-state index is 0.114. The molecule has 0 saturated heterocycles. The second kappa shape index (κ2) is 7.02. The Bertz CT molecular complexity index is 908. The third-order valence-electron chi connectivity index (χ3n) is 3.80. The average molecular weight is 390 g/mol. The van der Waals surface area contributed by atoms with Crippen LogP contribution in [-0.2, 0) is 6.42 Å². The lowest BCUT2D eigenvalue weighted by Crippen LogP contribution is -2.13. The molecule has 2 aromatic carbocycles. The van der Waals surface area contributed by atoms with E-state index in [9.17, 15) is 5.11 Å². The van der Waals surface area contributed by atoms with Gasteiger partial charge in [0.25, 0.3) is 0 Å². The van der Waals surface area contributed by atoms with E-state index < -0.39 is 0 Å². The van der Waals surface area contributed by atoms with Crippen LogP contribution < -0.4 is 0 Å². The fraction of sp³-hybridized carbons (Fsp3) is 0.300. The Labute approximate surface area is 162 Å². The predicted octanol–water partition coefficient (Wildman–Crippen LogP) is 6.67. The van der Waals surface area contributed by atoms with Gasteiger partial charge in [0.1, 0.15) is 10.8 Å². The van der Waals surface area contributed by atoms with Gasteiger partial charge >= 0.3 is 0 Å². The van der Waals surface area contributed by atoms with Crippen LogP contribution in [0, 0.1) is 5.41 Å². The first-order valence-electron chi connectivity index (χ1n) is 8.12. The number of hydrogen-bond acceptors (Lipinski definition) is 4. The van der Waals surface area contributed by atoms with Gasteiger partial charge in [-0.15, -0.1) is 11.3 Å². The van der Waals surface area contributed by atoms with E-state index in [4.69, 9.17) is 23.8 Å². The van der Waals surface area contributed by atoms with E-state index in [0.717, 1.165) is 37.6 Å². The Balaban J connectivity index is 1.96. The Morgan fingerprint density at radius 1 is 1.24 bits per heavy atom. The summed E-state index contributed by atoms with van der Waals surface area (Å²) < 4.78 is 1.13. The van der Waals surface area contributed by atoms with Gasteiger partial charge < -0.3 is 5.11 Å². The predicted molar refractivity (Wildman–Crippen MR) is 112 cm³/mol. The molecule has 0 aliphatic carbocycles. The molecule has 1 aromatic heterocycles. The molecule has 0 radical (unpaired) electrons. The van der Waals surface area contributed by atoms with Crippen LogP contribution >= 0.6 is 35.2 Å². The largest absolute Gasteiger partial charge is 0.506 e. The Morgan fingerprint density at radius 3 is 2.64 bits per heavy atom. The number of rotatable bonds is 4. The maximum Gasteiger partial charge on any atom is 0.137 e. The van der Waals surface area contributed by atoms with Crippen molar-refractivity contribution in [3.8, 4) is 16.3 Å². The summed E-state index contributed by atoms with van der Waals surface area (Å²) in [4.78, 5) is 5.60. The zero-order chi connectivity index (χ0) is 18.2. The minimum Gasteiger partial charge on any atom is -0.506 e. The number of hydrogen-bond donors (Lipinski definition) is 1. The van der Waals surface area contributed by atoms with Crippen LogP contribution in [0.2, 0.25) is 5.02 Å². The van der Waals surface area contributed by atoms with Crippen molar-refractivity contribution < 1.29 is 5.11 Å². The monoisotopic (exact) mass is 389 g/mol. The molecule has 0 aliphatic rings. The van der Waals surface area contributed by atoms with Gasteiger partial charge in [-0.1, -0.05) is 56.7 Å². The van der Waals surface area contributed by atoms with Crippen molar-refractivity contribution >= 4 is 50.2 Å². The first-order valence-corrected chi connectivity index (χ1v) is 9.72. The lowest BCUT2D eigenvalue weighted by atomic mass is 9.88. The van der Waals surface area contributed by atoms with E-state index in [2.05, 4.69) is 31.8 Å². The molecule has 0 bridgehead atoms. The van der Waals surface area contributed by atoms with Crippen LogP contribution in [0.1, 0.15) is 32.8 Å². The molecule has 0 spiro atoms. The van der Waals surface area contributed by atoms with Crippen molar-refractivity contribution in [2.24, 2.45) is 5.41 Å². The fourth-order valence-electron chi connectivity index (χ4n) is 2.78. The topological polar surface area (TPSA) is 33.1 Å². The molecule has 0 saturated carbocycles. The van der Waals surface area contributed by atoms with Crippen molar-refractivity contribution in [1.82, 2.24) is 4.98 Å². The van der Waals surface area contributed by atoms with E-state index in [1.807, 2.05) is 24.3 Å². The van der Waals surface area contributed by atoms with E-state index in [-0.39, 0.29) is 11.2 Å². The maximum atomic E-state index is 10.3. The van der Waals surface area contributed by atoms with Gasteiger partial charge in [0, 0.05) is 17.5 Å². The SMILES string of the molecule is CC(C)(C)CC(=S)Cc1cc(-c2nc3ccccc3s2)cc(Cl)c1O. The molecule has 2 nitrogen and oxygen atoms in total. The zero-order valence-electron chi connectivity index (χ0n) is 14.5. The molecule has 0 aliphatic heterocycles. The van der Waals surface area contributed by atoms with Crippen LogP contribution in [-0.4, -0.2) is 15.0 Å².